The molecule has 1 saturated heterocycles. The number of carbonyl (C=O) groups is 4. The number of nitrogens with zero attached hydrogens (tertiary/aromatic N) is 2. The van der Waals surface area contributed by atoms with Crippen LogP contribution in [0.4, 0.5) is 0 Å². The predicted molar refractivity (Wildman–Crippen MR) is 113 cm³/mol. The van der Waals surface area contributed by atoms with Crippen molar-refractivity contribution in [1.29, 1.82) is 0 Å². The van der Waals surface area contributed by atoms with E-state index in [2.05, 4.69) is 15.3 Å². The number of rotatable bonds is 10. The summed E-state index contributed by atoms with van der Waals surface area (Å²) in [4.78, 5) is 55.9. The van der Waals surface area contributed by atoms with Crippen molar-refractivity contribution in [3.05, 3.63) is 47.5 Å². The molecule has 0 unspecified atom stereocenters. The van der Waals surface area contributed by atoms with E-state index < -0.39 is 36.3 Å². The molecule has 10 nitrogen and oxygen atoms in total. The number of aryl methyl sites for hydroxylation is 2. The zero-order valence-corrected chi connectivity index (χ0v) is 17.5. The number of phenols is 1. The Kier molecular flexibility index (Phi) is 7.58. The Hall–Kier alpha value is -3.69. The molecule has 1 aromatic heterocycles. The van der Waals surface area contributed by atoms with Gasteiger partial charge in [0, 0.05) is 18.4 Å². The molecule has 1 aliphatic rings. The summed E-state index contributed by atoms with van der Waals surface area (Å²) in [6.45, 7) is 0.374. The third kappa shape index (κ3) is 5.93. The third-order valence-corrected chi connectivity index (χ3v) is 5.38. The third-order valence-electron chi connectivity index (χ3n) is 5.38. The molecule has 1 aliphatic heterocycles. The Morgan fingerprint density at radius 2 is 2.00 bits per heavy atom. The molecule has 0 spiro atoms. The summed E-state index contributed by atoms with van der Waals surface area (Å²) >= 11 is 0. The molecule has 1 aromatic carbocycles. The van der Waals surface area contributed by atoms with Gasteiger partial charge in [0.25, 0.3) is 5.91 Å². The molecule has 10 heteroatoms. The molecule has 2 atom stereocenters. The van der Waals surface area contributed by atoms with E-state index in [1.54, 1.807) is 18.3 Å². The zero-order chi connectivity index (χ0) is 23.1. The highest BCUT2D eigenvalue weighted by Gasteiger charge is 2.36. The van der Waals surface area contributed by atoms with Crippen molar-refractivity contribution in [3.8, 4) is 5.75 Å². The predicted octanol–water partition coefficient (Wildman–Crippen LogP) is 1.05. The Bertz CT molecular complexity index is 971. The van der Waals surface area contributed by atoms with Crippen LogP contribution in [-0.2, 0) is 27.2 Å². The number of imidazole rings is 1. The normalized spacial score (nSPS) is 16.5. The first-order chi connectivity index (χ1) is 15.4. The summed E-state index contributed by atoms with van der Waals surface area (Å²) in [5, 5.41) is 20.6. The summed E-state index contributed by atoms with van der Waals surface area (Å²) in [7, 11) is 0. The minimum atomic E-state index is -1.20. The molecule has 32 heavy (non-hydrogen) atoms. The van der Waals surface area contributed by atoms with Crippen molar-refractivity contribution >= 4 is 24.1 Å². The summed E-state index contributed by atoms with van der Waals surface area (Å²) in [6.07, 6.45) is 4.83. The van der Waals surface area contributed by atoms with Crippen LogP contribution in [0.15, 0.2) is 30.5 Å². The van der Waals surface area contributed by atoms with E-state index in [4.69, 9.17) is 5.11 Å². The molecule has 2 heterocycles. The van der Waals surface area contributed by atoms with Crippen LogP contribution in [0.3, 0.4) is 0 Å². The van der Waals surface area contributed by atoms with Crippen LogP contribution in [0.2, 0.25) is 0 Å². The monoisotopic (exact) mass is 442 g/mol. The van der Waals surface area contributed by atoms with Crippen molar-refractivity contribution in [1.82, 2.24) is 20.2 Å². The van der Waals surface area contributed by atoms with Crippen molar-refractivity contribution in [2.24, 2.45) is 0 Å². The smallest absolute Gasteiger partial charge is 0.305 e. The average molecular weight is 442 g/mol. The summed E-state index contributed by atoms with van der Waals surface area (Å²) < 4.78 is 0. The number of carbonyl (C=O) groups excluding carboxylic acids is 3. The lowest BCUT2D eigenvalue weighted by molar-refractivity contribution is -0.139. The van der Waals surface area contributed by atoms with Crippen LogP contribution in [0.1, 0.15) is 47.6 Å². The van der Waals surface area contributed by atoms with Crippen molar-refractivity contribution in [2.45, 2.75) is 50.6 Å². The first kappa shape index (κ1) is 23.0. The second-order valence-electron chi connectivity index (χ2n) is 7.78. The molecule has 3 rings (SSSR count). The van der Waals surface area contributed by atoms with Crippen LogP contribution < -0.4 is 5.32 Å². The van der Waals surface area contributed by atoms with Gasteiger partial charge >= 0.3 is 5.97 Å². The summed E-state index contributed by atoms with van der Waals surface area (Å²) in [6, 6.07) is 5.10. The number of aliphatic carboxylic acids is 1. The van der Waals surface area contributed by atoms with E-state index in [1.807, 2.05) is 12.1 Å². The molecular formula is C22H26N4O6. The van der Waals surface area contributed by atoms with Gasteiger partial charge in [0.1, 0.15) is 18.1 Å². The van der Waals surface area contributed by atoms with E-state index in [0.29, 0.717) is 32.1 Å². The van der Waals surface area contributed by atoms with Crippen molar-refractivity contribution in [3.63, 3.8) is 0 Å². The lowest BCUT2D eigenvalue weighted by Crippen LogP contribution is -2.49. The van der Waals surface area contributed by atoms with E-state index >= 15 is 0 Å². The SMILES string of the molecule is O=C[C@H](CC(=O)O)NC(=O)[C@H]1CCCN1C(=O)c1ncc(CCCc2ccc(O)cc2)[nH]1. The van der Waals surface area contributed by atoms with E-state index in [9.17, 15) is 24.3 Å². The van der Waals surface area contributed by atoms with Gasteiger partial charge in [0.05, 0.1) is 12.5 Å². The van der Waals surface area contributed by atoms with Crippen LogP contribution >= 0.6 is 0 Å². The van der Waals surface area contributed by atoms with Gasteiger partial charge < -0.3 is 30.2 Å². The maximum absolute atomic E-state index is 12.9. The first-order valence-electron chi connectivity index (χ1n) is 10.5. The summed E-state index contributed by atoms with van der Waals surface area (Å²) in [5.74, 6) is -1.79. The molecule has 2 aromatic rings. The minimum absolute atomic E-state index is 0.141. The van der Waals surface area contributed by atoms with Gasteiger partial charge in [0.15, 0.2) is 5.82 Å². The number of likely N-dealkylation sites (tertiary alicyclic amines) is 1. The minimum Gasteiger partial charge on any atom is -0.508 e. The number of aldehydes is 1. The number of hydrogen-bond acceptors (Lipinski definition) is 6. The van der Waals surface area contributed by atoms with Crippen LogP contribution in [0.5, 0.6) is 5.75 Å². The van der Waals surface area contributed by atoms with Gasteiger partial charge in [-0.15, -0.1) is 0 Å². The standard InChI is InChI=1S/C22H26N4O6/c27-13-16(11-19(29)30)25-21(31)18-5-2-10-26(18)22(32)20-23-12-15(24-20)4-1-3-14-6-8-17(28)9-7-14/h6-9,12-13,16,18,28H,1-5,10-11H2,(H,23,24)(H,25,31)(H,29,30)/t16-,18+/m0/s1. The molecule has 0 saturated carbocycles. The average Bonchev–Trinajstić information content (AvgIpc) is 3.44. The van der Waals surface area contributed by atoms with E-state index in [-0.39, 0.29) is 11.6 Å². The fourth-order valence-electron chi connectivity index (χ4n) is 3.76. The molecule has 0 bridgehead atoms. The molecule has 4 N–H and O–H groups in total. The maximum atomic E-state index is 12.9. The molecular weight excluding hydrogens is 416 g/mol. The highest BCUT2D eigenvalue weighted by Crippen LogP contribution is 2.20. The Morgan fingerprint density at radius 1 is 1.25 bits per heavy atom. The van der Waals surface area contributed by atoms with E-state index in [0.717, 1.165) is 24.1 Å². The van der Waals surface area contributed by atoms with Crippen LogP contribution in [0, 0.1) is 0 Å². The highest BCUT2D eigenvalue weighted by atomic mass is 16.4. The number of hydrogen-bond donors (Lipinski definition) is 4. The fraction of sp³-hybridized carbons (Fsp3) is 0.409. The van der Waals surface area contributed by atoms with Gasteiger partial charge in [-0.3, -0.25) is 14.4 Å². The van der Waals surface area contributed by atoms with E-state index in [1.165, 1.54) is 4.90 Å². The van der Waals surface area contributed by atoms with Gasteiger partial charge in [-0.25, -0.2) is 4.98 Å². The Balaban J connectivity index is 1.56. The number of aromatic hydroxyl groups is 1. The lowest BCUT2D eigenvalue weighted by atomic mass is 10.1. The number of benzene rings is 1. The van der Waals surface area contributed by atoms with Crippen LogP contribution in [0.25, 0.3) is 0 Å². The summed E-state index contributed by atoms with van der Waals surface area (Å²) in [5.41, 5.74) is 1.90. The molecule has 1 fully saturated rings. The number of amides is 2. The van der Waals surface area contributed by atoms with Crippen molar-refractivity contribution in [2.75, 3.05) is 6.54 Å². The van der Waals surface area contributed by atoms with Gasteiger partial charge in [-0.05, 0) is 49.8 Å². The number of nitrogens with one attached hydrogen (secondary N) is 2. The Morgan fingerprint density at radius 3 is 2.69 bits per heavy atom. The van der Waals surface area contributed by atoms with Crippen molar-refractivity contribution < 1.29 is 29.4 Å². The lowest BCUT2D eigenvalue weighted by Gasteiger charge is -2.24. The Labute approximate surface area is 184 Å². The second-order valence-corrected chi connectivity index (χ2v) is 7.78. The van der Waals surface area contributed by atoms with Crippen LogP contribution in [-0.4, -0.2) is 67.8 Å². The fourth-order valence-corrected chi connectivity index (χ4v) is 3.76. The molecule has 170 valence electrons. The van der Waals surface area contributed by atoms with Gasteiger partial charge in [-0.2, -0.15) is 0 Å². The number of phenolic OH excluding ortho intramolecular Hbond substituents is 1. The highest BCUT2D eigenvalue weighted by molar-refractivity contribution is 5.96. The number of aromatic nitrogens is 2. The maximum Gasteiger partial charge on any atom is 0.305 e. The molecule has 0 radical (unpaired) electrons. The van der Waals surface area contributed by atoms with Gasteiger partial charge in [0.2, 0.25) is 5.91 Å². The zero-order valence-electron chi connectivity index (χ0n) is 17.5. The number of carboxylic acids is 1. The number of H-pyrrole nitrogens is 1. The molecule has 0 aliphatic carbocycles. The first-order valence-corrected chi connectivity index (χ1v) is 10.5. The largest absolute Gasteiger partial charge is 0.508 e. The second kappa shape index (κ2) is 10.6. The topological polar surface area (TPSA) is 153 Å². The van der Waals surface area contributed by atoms with Gasteiger partial charge in [-0.1, -0.05) is 12.1 Å². The quantitative estimate of drug-likeness (QED) is 0.401. The number of carboxylic acid groups (broad SMARTS) is 1. The molecule has 2 amide bonds. The number of aromatic amines is 1.